The van der Waals surface area contributed by atoms with E-state index in [-0.39, 0.29) is 10.8 Å². The van der Waals surface area contributed by atoms with Gasteiger partial charge >= 0.3 is 0 Å². The second-order valence-electron chi connectivity index (χ2n) is 5.12. The largest absolute Gasteiger partial charge is 0.327 e. The summed E-state index contributed by atoms with van der Waals surface area (Å²) in [6.07, 6.45) is 0.440. The highest BCUT2D eigenvalue weighted by Gasteiger charge is 2.15. The van der Waals surface area contributed by atoms with Gasteiger partial charge in [-0.15, -0.1) is 0 Å². The van der Waals surface area contributed by atoms with Gasteiger partial charge in [0.2, 0.25) is 0 Å². The van der Waals surface area contributed by atoms with Gasteiger partial charge in [-0.2, -0.15) is 11.8 Å². The number of hydrogen-bond acceptors (Lipinski definition) is 2. The number of halogens is 2. The molecule has 1 nitrogen and oxygen atoms in total. The zero-order valence-corrected chi connectivity index (χ0v) is 11.3. The molecule has 0 spiro atoms. The number of benzene rings is 1. The molecule has 1 rings (SSSR count). The fraction of sp³-hybridized carbons (Fsp3) is 0.538. The summed E-state index contributed by atoms with van der Waals surface area (Å²) in [4.78, 5) is 0. The Morgan fingerprint density at radius 2 is 1.94 bits per heavy atom. The number of thioether (sulfide) groups is 1. The summed E-state index contributed by atoms with van der Waals surface area (Å²) in [6.45, 7) is 6.34. The SMILES string of the molecule is CC(C)(C)SCC(N)Cc1ccc(F)cc1F. The van der Waals surface area contributed by atoms with Gasteiger partial charge in [0.15, 0.2) is 0 Å². The quantitative estimate of drug-likeness (QED) is 0.897. The number of nitrogens with two attached hydrogens (primary N) is 1. The van der Waals surface area contributed by atoms with Crippen molar-refractivity contribution in [1.29, 1.82) is 0 Å². The van der Waals surface area contributed by atoms with Crippen molar-refractivity contribution in [2.45, 2.75) is 38.0 Å². The Morgan fingerprint density at radius 1 is 1.29 bits per heavy atom. The Morgan fingerprint density at radius 3 is 2.47 bits per heavy atom. The average Bonchev–Trinajstić information content (AvgIpc) is 2.18. The lowest BCUT2D eigenvalue weighted by atomic mass is 10.1. The standard InChI is InChI=1S/C13H19F2NS/c1-13(2,3)17-8-11(16)6-9-4-5-10(14)7-12(9)15/h4-5,7,11H,6,8,16H2,1-3H3. The highest BCUT2D eigenvalue weighted by atomic mass is 32.2. The molecule has 4 heteroatoms. The topological polar surface area (TPSA) is 26.0 Å². The van der Waals surface area contributed by atoms with Crippen molar-refractivity contribution in [2.24, 2.45) is 5.73 Å². The van der Waals surface area contributed by atoms with Crippen LogP contribution in [0, 0.1) is 11.6 Å². The van der Waals surface area contributed by atoms with E-state index >= 15 is 0 Å². The van der Waals surface area contributed by atoms with Crippen LogP contribution < -0.4 is 5.73 Å². The second kappa shape index (κ2) is 5.83. The Bertz CT molecular complexity index is 374. The summed E-state index contributed by atoms with van der Waals surface area (Å²) in [5.41, 5.74) is 6.42. The van der Waals surface area contributed by atoms with Crippen molar-refractivity contribution in [3.8, 4) is 0 Å². The predicted octanol–water partition coefficient (Wildman–Crippen LogP) is 3.37. The normalized spacial score (nSPS) is 13.8. The molecule has 0 aliphatic rings. The van der Waals surface area contributed by atoms with E-state index in [1.165, 1.54) is 12.1 Å². The highest BCUT2D eigenvalue weighted by Crippen LogP contribution is 2.24. The summed E-state index contributed by atoms with van der Waals surface area (Å²) in [7, 11) is 0. The van der Waals surface area contributed by atoms with E-state index in [0.717, 1.165) is 11.8 Å². The molecule has 1 aromatic rings. The van der Waals surface area contributed by atoms with Crippen LogP contribution in [0.1, 0.15) is 26.3 Å². The Labute approximate surface area is 106 Å². The second-order valence-corrected chi connectivity index (χ2v) is 6.97. The van der Waals surface area contributed by atoms with Gasteiger partial charge in [-0.3, -0.25) is 0 Å². The summed E-state index contributed by atoms with van der Waals surface area (Å²) in [6, 6.07) is 3.52. The van der Waals surface area contributed by atoms with E-state index in [1.54, 1.807) is 11.8 Å². The van der Waals surface area contributed by atoms with Crippen molar-refractivity contribution in [2.75, 3.05) is 5.75 Å². The van der Waals surface area contributed by atoms with Gasteiger partial charge in [0, 0.05) is 22.6 Å². The van der Waals surface area contributed by atoms with Gasteiger partial charge in [-0.05, 0) is 18.1 Å². The molecule has 0 aliphatic carbocycles. The van der Waals surface area contributed by atoms with Crippen LogP contribution in [0.4, 0.5) is 8.78 Å². The maximum absolute atomic E-state index is 13.4. The number of rotatable bonds is 4. The van der Waals surface area contributed by atoms with Gasteiger partial charge < -0.3 is 5.73 Å². The molecule has 0 bridgehead atoms. The maximum Gasteiger partial charge on any atom is 0.129 e. The highest BCUT2D eigenvalue weighted by molar-refractivity contribution is 8.00. The van der Waals surface area contributed by atoms with Gasteiger partial charge in [0.05, 0.1) is 0 Å². The molecule has 0 fully saturated rings. The lowest BCUT2D eigenvalue weighted by Crippen LogP contribution is -2.28. The van der Waals surface area contributed by atoms with E-state index < -0.39 is 11.6 Å². The minimum absolute atomic E-state index is 0.112. The van der Waals surface area contributed by atoms with Gasteiger partial charge in [0.25, 0.3) is 0 Å². The molecule has 0 radical (unpaired) electrons. The van der Waals surface area contributed by atoms with Crippen LogP contribution >= 0.6 is 11.8 Å². The van der Waals surface area contributed by atoms with E-state index in [0.29, 0.717) is 12.0 Å². The van der Waals surface area contributed by atoms with Crippen LogP contribution in [-0.2, 0) is 6.42 Å². The van der Waals surface area contributed by atoms with Gasteiger partial charge in [0.1, 0.15) is 11.6 Å². The molecule has 0 amide bonds. The molecule has 0 saturated heterocycles. The van der Waals surface area contributed by atoms with Crippen LogP contribution in [0.3, 0.4) is 0 Å². The van der Waals surface area contributed by atoms with Crippen LogP contribution in [0.25, 0.3) is 0 Å². The van der Waals surface area contributed by atoms with Crippen molar-refractivity contribution in [3.05, 3.63) is 35.4 Å². The van der Waals surface area contributed by atoms with Crippen molar-refractivity contribution in [1.82, 2.24) is 0 Å². The smallest absolute Gasteiger partial charge is 0.129 e. The third kappa shape index (κ3) is 5.50. The lowest BCUT2D eigenvalue weighted by molar-refractivity contribution is 0.565. The lowest BCUT2D eigenvalue weighted by Gasteiger charge is -2.20. The fourth-order valence-corrected chi connectivity index (χ4v) is 2.22. The predicted molar refractivity (Wildman–Crippen MR) is 70.2 cm³/mol. The number of hydrogen-bond donors (Lipinski definition) is 1. The molecular formula is C13H19F2NS. The molecule has 2 N–H and O–H groups in total. The van der Waals surface area contributed by atoms with Crippen LogP contribution in [0.15, 0.2) is 18.2 Å². The minimum Gasteiger partial charge on any atom is -0.327 e. The molecule has 96 valence electrons. The van der Waals surface area contributed by atoms with E-state index in [1.807, 2.05) is 0 Å². The zero-order chi connectivity index (χ0) is 13.1. The molecule has 0 aromatic heterocycles. The summed E-state index contributed by atoms with van der Waals surface area (Å²) in [5.74, 6) is -0.301. The first-order valence-corrected chi connectivity index (χ1v) is 6.60. The zero-order valence-electron chi connectivity index (χ0n) is 10.5. The molecule has 0 saturated carbocycles. The summed E-state index contributed by atoms with van der Waals surface area (Å²) >= 11 is 1.75. The van der Waals surface area contributed by atoms with E-state index in [9.17, 15) is 8.78 Å². The maximum atomic E-state index is 13.4. The van der Waals surface area contributed by atoms with Gasteiger partial charge in [-0.1, -0.05) is 26.8 Å². The first kappa shape index (κ1) is 14.5. The summed E-state index contributed by atoms with van der Waals surface area (Å²) in [5, 5.41) is 0. The van der Waals surface area contributed by atoms with Crippen molar-refractivity contribution in [3.63, 3.8) is 0 Å². The molecule has 1 aromatic carbocycles. The Kier molecular flexibility index (Phi) is 4.95. The first-order chi connectivity index (χ1) is 7.78. The van der Waals surface area contributed by atoms with Crippen molar-refractivity contribution < 1.29 is 8.78 Å². The van der Waals surface area contributed by atoms with Gasteiger partial charge in [-0.25, -0.2) is 8.78 Å². The fourth-order valence-electron chi connectivity index (χ4n) is 1.39. The molecule has 0 aliphatic heterocycles. The third-order valence-corrected chi connectivity index (χ3v) is 3.69. The van der Waals surface area contributed by atoms with Crippen LogP contribution in [0.2, 0.25) is 0 Å². The molecule has 0 heterocycles. The van der Waals surface area contributed by atoms with E-state index in [2.05, 4.69) is 20.8 Å². The average molecular weight is 259 g/mol. The minimum atomic E-state index is -0.552. The van der Waals surface area contributed by atoms with Crippen LogP contribution in [0.5, 0.6) is 0 Å². The molecule has 17 heavy (non-hydrogen) atoms. The third-order valence-electron chi connectivity index (χ3n) is 2.23. The Hall–Kier alpha value is -0.610. The molecule has 1 atom stereocenters. The molecule has 1 unspecified atom stereocenters. The van der Waals surface area contributed by atoms with Crippen LogP contribution in [-0.4, -0.2) is 16.5 Å². The summed E-state index contributed by atoms with van der Waals surface area (Å²) < 4.78 is 26.2. The van der Waals surface area contributed by atoms with E-state index in [4.69, 9.17) is 5.73 Å². The first-order valence-electron chi connectivity index (χ1n) is 5.61. The molecular weight excluding hydrogens is 240 g/mol. The monoisotopic (exact) mass is 259 g/mol. The Balaban J connectivity index is 2.53. The van der Waals surface area contributed by atoms with Crippen molar-refractivity contribution >= 4 is 11.8 Å².